The van der Waals surface area contributed by atoms with Crippen LogP contribution in [0, 0.1) is 0 Å². The van der Waals surface area contributed by atoms with Crippen molar-refractivity contribution in [2.45, 2.75) is 26.7 Å². The second-order valence-corrected chi connectivity index (χ2v) is 5.89. The monoisotopic (exact) mass is 339 g/mol. The number of hydrogen-bond donors (Lipinski definition) is 0. The number of halogens is 2. The highest BCUT2D eigenvalue weighted by molar-refractivity contribution is 6.32. The highest BCUT2D eigenvalue weighted by Crippen LogP contribution is 2.27. The van der Waals surface area contributed by atoms with Gasteiger partial charge in [0.2, 0.25) is 5.91 Å². The molecule has 1 aromatic carbocycles. The molecule has 4 nitrogen and oxygen atoms in total. The number of carbonyl (C=O) groups is 1. The summed E-state index contributed by atoms with van der Waals surface area (Å²) in [6, 6.07) is 5.58. The number of aromatic nitrogens is 2. The summed E-state index contributed by atoms with van der Waals surface area (Å²) in [4.78, 5) is 14.2. The minimum Gasteiger partial charge on any atom is -0.343 e. The molecule has 118 valence electrons. The first-order valence-electron chi connectivity index (χ1n) is 7.26. The van der Waals surface area contributed by atoms with Crippen molar-refractivity contribution in [1.82, 2.24) is 14.7 Å². The lowest BCUT2D eigenvalue weighted by molar-refractivity contribution is -0.132. The van der Waals surface area contributed by atoms with Gasteiger partial charge in [0.15, 0.2) is 0 Å². The summed E-state index contributed by atoms with van der Waals surface area (Å²) in [7, 11) is 0. The SMILES string of the molecule is CCN(CC)C(=O)C(C)c1ccc(-n2cc(Cl)cn2)c(Cl)c1. The molecule has 0 fully saturated rings. The molecule has 1 amide bonds. The van der Waals surface area contributed by atoms with Crippen molar-refractivity contribution in [3.8, 4) is 5.69 Å². The quantitative estimate of drug-likeness (QED) is 0.820. The number of benzene rings is 1. The van der Waals surface area contributed by atoms with E-state index < -0.39 is 0 Å². The van der Waals surface area contributed by atoms with Gasteiger partial charge < -0.3 is 4.90 Å². The van der Waals surface area contributed by atoms with E-state index in [-0.39, 0.29) is 11.8 Å². The maximum Gasteiger partial charge on any atom is 0.229 e. The number of carbonyl (C=O) groups excluding carboxylic acids is 1. The summed E-state index contributed by atoms with van der Waals surface area (Å²) < 4.78 is 1.62. The fourth-order valence-electron chi connectivity index (χ4n) is 2.36. The Morgan fingerprint density at radius 1 is 1.32 bits per heavy atom. The van der Waals surface area contributed by atoms with E-state index >= 15 is 0 Å². The van der Waals surface area contributed by atoms with Gasteiger partial charge in [-0.3, -0.25) is 4.79 Å². The third-order valence-corrected chi connectivity index (χ3v) is 4.21. The first-order chi connectivity index (χ1) is 10.5. The van der Waals surface area contributed by atoms with Crippen molar-refractivity contribution in [2.24, 2.45) is 0 Å². The van der Waals surface area contributed by atoms with E-state index in [2.05, 4.69) is 5.10 Å². The third-order valence-electron chi connectivity index (χ3n) is 3.72. The molecule has 0 aliphatic carbocycles. The number of likely N-dealkylation sites (N-methyl/N-ethyl adjacent to an activating group) is 1. The Morgan fingerprint density at radius 3 is 2.50 bits per heavy atom. The summed E-state index contributed by atoms with van der Waals surface area (Å²) in [6.45, 7) is 7.27. The first kappa shape index (κ1) is 16.8. The highest BCUT2D eigenvalue weighted by Gasteiger charge is 2.20. The zero-order valence-corrected chi connectivity index (χ0v) is 14.4. The van der Waals surface area contributed by atoms with Crippen LogP contribution in [0.3, 0.4) is 0 Å². The number of rotatable bonds is 5. The van der Waals surface area contributed by atoms with Crippen LogP contribution in [0.5, 0.6) is 0 Å². The Morgan fingerprint density at radius 2 is 2.00 bits per heavy atom. The molecule has 0 N–H and O–H groups in total. The molecule has 1 heterocycles. The Hall–Kier alpha value is -1.52. The molecule has 0 saturated carbocycles. The summed E-state index contributed by atoms with van der Waals surface area (Å²) >= 11 is 12.2. The smallest absolute Gasteiger partial charge is 0.229 e. The molecule has 0 aliphatic heterocycles. The van der Waals surface area contributed by atoms with Gasteiger partial charge in [0.25, 0.3) is 0 Å². The predicted molar refractivity (Wildman–Crippen MR) is 89.9 cm³/mol. The molecule has 2 aromatic rings. The zero-order valence-electron chi connectivity index (χ0n) is 12.9. The molecule has 1 unspecified atom stereocenters. The molecule has 6 heteroatoms. The van der Waals surface area contributed by atoms with Crippen LogP contribution in [0.15, 0.2) is 30.6 Å². The largest absolute Gasteiger partial charge is 0.343 e. The van der Waals surface area contributed by atoms with Crippen molar-refractivity contribution in [3.05, 3.63) is 46.2 Å². The van der Waals surface area contributed by atoms with E-state index in [1.807, 2.05) is 43.9 Å². The van der Waals surface area contributed by atoms with E-state index in [1.165, 1.54) is 0 Å². The molecule has 0 radical (unpaired) electrons. The average Bonchev–Trinajstić information content (AvgIpc) is 2.93. The van der Waals surface area contributed by atoms with Crippen LogP contribution in [-0.4, -0.2) is 33.7 Å². The molecule has 1 atom stereocenters. The molecular formula is C16H19Cl2N3O. The van der Waals surface area contributed by atoms with Crippen molar-refractivity contribution >= 4 is 29.1 Å². The normalized spacial score (nSPS) is 12.2. The molecule has 0 bridgehead atoms. The predicted octanol–water partition coefficient (Wildman–Crippen LogP) is 4.15. The van der Waals surface area contributed by atoms with Gasteiger partial charge in [-0.05, 0) is 38.5 Å². The summed E-state index contributed by atoms with van der Waals surface area (Å²) in [5, 5.41) is 5.22. The van der Waals surface area contributed by atoms with Gasteiger partial charge in [-0.15, -0.1) is 0 Å². The Kier molecular flexibility index (Phi) is 5.48. The van der Waals surface area contributed by atoms with Crippen LogP contribution in [0.2, 0.25) is 10.0 Å². The second kappa shape index (κ2) is 7.16. The van der Waals surface area contributed by atoms with E-state index in [1.54, 1.807) is 17.1 Å². The van der Waals surface area contributed by atoms with E-state index in [4.69, 9.17) is 23.2 Å². The lowest BCUT2D eigenvalue weighted by Crippen LogP contribution is -2.33. The van der Waals surface area contributed by atoms with Crippen LogP contribution in [-0.2, 0) is 4.79 Å². The van der Waals surface area contributed by atoms with Gasteiger partial charge in [0, 0.05) is 19.3 Å². The molecule has 0 spiro atoms. The molecule has 1 aromatic heterocycles. The van der Waals surface area contributed by atoms with Crippen molar-refractivity contribution < 1.29 is 4.79 Å². The van der Waals surface area contributed by atoms with E-state index in [0.29, 0.717) is 23.1 Å². The third kappa shape index (κ3) is 3.45. The van der Waals surface area contributed by atoms with Gasteiger partial charge in [-0.1, -0.05) is 29.3 Å². The van der Waals surface area contributed by atoms with Gasteiger partial charge in [-0.2, -0.15) is 5.10 Å². The van der Waals surface area contributed by atoms with Crippen LogP contribution < -0.4 is 0 Å². The topological polar surface area (TPSA) is 38.1 Å². The Balaban J connectivity index is 2.27. The minimum absolute atomic E-state index is 0.107. The van der Waals surface area contributed by atoms with E-state index in [0.717, 1.165) is 11.3 Å². The fraction of sp³-hybridized carbons (Fsp3) is 0.375. The molecule has 0 aliphatic rings. The molecule has 2 rings (SSSR count). The summed E-state index contributed by atoms with van der Waals surface area (Å²) in [5.41, 5.74) is 1.63. The highest BCUT2D eigenvalue weighted by atomic mass is 35.5. The van der Waals surface area contributed by atoms with Crippen LogP contribution in [0.25, 0.3) is 5.69 Å². The van der Waals surface area contributed by atoms with Gasteiger partial charge >= 0.3 is 0 Å². The number of nitrogens with zero attached hydrogens (tertiary/aromatic N) is 3. The zero-order chi connectivity index (χ0) is 16.3. The number of amides is 1. The second-order valence-electron chi connectivity index (χ2n) is 5.05. The fourth-order valence-corrected chi connectivity index (χ4v) is 2.77. The molecule has 0 saturated heterocycles. The first-order valence-corrected chi connectivity index (χ1v) is 8.02. The summed E-state index contributed by atoms with van der Waals surface area (Å²) in [5.74, 6) is -0.122. The summed E-state index contributed by atoms with van der Waals surface area (Å²) in [6.07, 6.45) is 3.24. The minimum atomic E-state index is -0.229. The van der Waals surface area contributed by atoms with Gasteiger partial charge in [0.1, 0.15) is 0 Å². The molecular weight excluding hydrogens is 321 g/mol. The van der Waals surface area contributed by atoms with E-state index in [9.17, 15) is 4.79 Å². The maximum absolute atomic E-state index is 12.4. The Labute approximate surface area is 140 Å². The lowest BCUT2D eigenvalue weighted by Gasteiger charge is -2.23. The van der Waals surface area contributed by atoms with Crippen molar-refractivity contribution in [2.75, 3.05) is 13.1 Å². The van der Waals surface area contributed by atoms with Crippen molar-refractivity contribution in [1.29, 1.82) is 0 Å². The average molecular weight is 340 g/mol. The van der Waals surface area contributed by atoms with Gasteiger partial charge in [-0.25, -0.2) is 4.68 Å². The van der Waals surface area contributed by atoms with Gasteiger partial charge in [0.05, 0.1) is 27.8 Å². The van der Waals surface area contributed by atoms with Crippen LogP contribution in [0.1, 0.15) is 32.3 Å². The van der Waals surface area contributed by atoms with Crippen LogP contribution >= 0.6 is 23.2 Å². The Bertz CT molecular complexity index is 665. The van der Waals surface area contributed by atoms with Crippen molar-refractivity contribution in [3.63, 3.8) is 0 Å². The standard InChI is InChI=1S/C16H19Cl2N3O/c1-4-20(5-2)16(22)11(3)12-6-7-15(14(18)8-12)21-10-13(17)9-19-21/h6-11H,4-5H2,1-3H3. The lowest BCUT2D eigenvalue weighted by atomic mass is 9.99. The van der Waals surface area contributed by atoms with Crippen LogP contribution in [0.4, 0.5) is 0 Å². The maximum atomic E-state index is 12.4. The molecule has 22 heavy (non-hydrogen) atoms. The number of hydrogen-bond acceptors (Lipinski definition) is 2.